The van der Waals surface area contributed by atoms with Crippen molar-refractivity contribution >= 4 is 40.5 Å². The molecule has 0 saturated heterocycles. The number of pyridine rings is 12. The van der Waals surface area contributed by atoms with Crippen LogP contribution in [-0.2, 0) is 45.8 Å². The van der Waals surface area contributed by atoms with Crippen LogP contribution in [0.1, 0.15) is 39.5 Å². The van der Waals surface area contributed by atoms with E-state index >= 15 is 0 Å². The number of rotatable bonds is 7. The first kappa shape index (κ1) is 72.7. The second kappa shape index (κ2) is 37.1. The average Bonchev–Trinajstić information content (AvgIpc) is 0.865. The summed E-state index contributed by atoms with van der Waals surface area (Å²) in [7, 11) is 0. The molecule has 0 fully saturated rings. The van der Waals surface area contributed by atoms with Gasteiger partial charge < -0.3 is 67.5 Å². The molecule has 0 atom stereocenters. The third kappa shape index (κ3) is 19.3. The Hall–Kier alpha value is -14.8. The smallest absolute Gasteiger partial charge is 0.228 e. The van der Waals surface area contributed by atoms with Crippen LogP contribution in [0.25, 0.3) is 0 Å². The van der Waals surface area contributed by atoms with Crippen molar-refractivity contribution in [2.24, 2.45) is 0 Å². The minimum absolute atomic E-state index is 0.461. The summed E-state index contributed by atoms with van der Waals surface area (Å²) < 4.78 is 39.3. The first-order valence-corrected chi connectivity index (χ1v) is 35.8. The fraction of sp³-hybridized carbons (Fsp3) is 0.171. The fourth-order valence-electron chi connectivity index (χ4n) is 12.1. The second-order valence-corrected chi connectivity index (χ2v) is 25.2. The average molecular weight is 1490 g/mol. The zero-order chi connectivity index (χ0) is 75.6. The summed E-state index contributed by atoms with van der Waals surface area (Å²) >= 11 is 0. The highest BCUT2D eigenvalue weighted by atomic mass is 16.5. The molecular formula is C82H75N23O7. The molecule has 21 rings (SSSR count). The predicted octanol–water partition coefficient (Wildman–Crippen LogP) is 11.6. The van der Waals surface area contributed by atoms with E-state index in [1.807, 2.05) is 174 Å². The number of hydrogen-bond donors (Lipinski definition) is 0. The second-order valence-electron chi connectivity index (χ2n) is 25.2. The maximum atomic E-state index is 5.66. The van der Waals surface area contributed by atoms with Crippen LogP contribution in [0.2, 0.25) is 0 Å². The molecular weight excluding hydrogens is 1420 g/mol. The lowest BCUT2D eigenvalue weighted by molar-refractivity contribution is 0.283. The van der Waals surface area contributed by atoms with Crippen molar-refractivity contribution < 1.29 is 33.2 Å². The van der Waals surface area contributed by atoms with E-state index in [-0.39, 0.29) is 0 Å². The molecule has 7 aliphatic rings. The summed E-state index contributed by atoms with van der Waals surface area (Å²) in [5, 5.41) is 0. The Balaban J connectivity index is 0.000000103. The predicted molar refractivity (Wildman–Crippen MR) is 417 cm³/mol. The van der Waals surface area contributed by atoms with E-state index < -0.39 is 0 Å². The largest absolute Gasteiger partial charge is 0.473 e. The Morgan fingerprint density at radius 3 is 0.902 bits per heavy atom. The van der Waals surface area contributed by atoms with Gasteiger partial charge in [0, 0.05) is 158 Å². The molecule has 14 aromatic heterocycles. The van der Waals surface area contributed by atoms with Crippen molar-refractivity contribution in [2.45, 2.75) is 45.8 Å². The number of nitrogens with zero attached hydrogens (tertiary/aromatic N) is 23. The molecule has 0 unspecified atom stereocenters. The molecule has 0 amide bonds. The minimum atomic E-state index is 0.461. The summed E-state index contributed by atoms with van der Waals surface area (Å²) in [4.78, 5) is 81.2. The highest BCUT2D eigenvalue weighted by molar-refractivity contribution is 5.52. The standard InChI is InChI=1S/5C12H11N3O.2C11H10N4O/c1-4-13-5-2-11(1)15-8-10-7-14-6-3-12(10)16-9-15;1-3-10(7-13-5-1)15-8-11-12(16-9-15)4-2-6-14-11;1-2-12-11(14-5-1)8-15(9-16-12)10-3-6-13-7-4-10;1-2-6-14-12(5-1)15-8-10-11(16-9-15)4-3-7-13-10;1-2-11(7-13-4-1)15-8-10-6-14-5-3-12(10)16-9-15;1-3-13-11(14-4-1)15-7-9-6-12-5-2-10(9)16-8-15;1-3-10-9(12-4-1)7-15(8-16-10)11-13-5-2-6-14-11/h5*1-7H,8-9H2;2*1-6H,7-8H2. The van der Waals surface area contributed by atoms with Gasteiger partial charge in [0.15, 0.2) is 47.1 Å². The van der Waals surface area contributed by atoms with Gasteiger partial charge in [-0.25, -0.2) is 24.9 Å². The van der Waals surface area contributed by atoms with Crippen LogP contribution in [0, 0.1) is 0 Å². The highest BCUT2D eigenvalue weighted by Crippen LogP contribution is 2.33. The van der Waals surface area contributed by atoms with Crippen molar-refractivity contribution in [3.05, 3.63) is 328 Å². The van der Waals surface area contributed by atoms with Gasteiger partial charge in [-0.1, -0.05) is 6.07 Å². The first-order chi connectivity index (χ1) is 55.5. The molecule has 14 aromatic rings. The molecule has 0 bridgehead atoms. The molecule has 112 heavy (non-hydrogen) atoms. The third-order valence-corrected chi connectivity index (χ3v) is 17.8. The highest BCUT2D eigenvalue weighted by Gasteiger charge is 2.25. The minimum Gasteiger partial charge on any atom is -0.473 e. The summed E-state index contributed by atoms with van der Waals surface area (Å²) in [5.74, 6) is 8.48. The Morgan fingerprint density at radius 2 is 0.500 bits per heavy atom. The van der Waals surface area contributed by atoms with E-state index in [0.717, 1.165) is 148 Å². The summed E-state index contributed by atoms with van der Waals surface area (Å²) in [6.45, 7) is 9.03. The van der Waals surface area contributed by atoms with Gasteiger partial charge in [0.25, 0.3) is 0 Å². The van der Waals surface area contributed by atoms with Crippen LogP contribution < -0.4 is 67.5 Å². The van der Waals surface area contributed by atoms with Gasteiger partial charge in [-0.05, 0) is 140 Å². The van der Waals surface area contributed by atoms with E-state index in [1.54, 1.807) is 124 Å². The van der Waals surface area contributed by atoms with Crippen molar-refractivity contribution in [1.29, 1.82) is 0 Å². The Kier molecular flexibility index (Phi) is 24.1. The molecule has 0 N–H and O–H groups in total. The maximum absolute atomic E-state index is 5.66. The van der Waals surface area contributed by atoms with Gasteiger partial charge in [0.05, 0.1) is 69.6 Å². The zero-order valence-electron chi connectivity index (χ0n) is 60.7. The van der Waals surface area contributed by atoms with Gasteiger partial charge in [0.2, 0.25) is 11.9 Å². The van der Waals surface area contributed by atoms with Gasteiger partial charge in [-0.2, -0.15) is 0 Å². The maximum Gasteiger partial charge on any atom is 0.228 e. The number of hydrogen-bond acceptors (Lipinski definition) is 30. The molecule has 7 aliphatic heterocycles. The fourth-order valence-corrected chi connectivity index (χ4v) is 12.1. The molecule has 0 spiro atoms. The summed E-state index contributed by atoms with van der Waals surface area (Å²) in [6, 6.07) is 46.2. The van der Waals surface area contributed by atoms with Crippen LogP contribution in [0.5, 0.6) is 40.2 Å². The normalized spacial score (nSPS) is 14.1. The topological polar surface area (TPSA) is 294 Å². The van der Waals surface area contributed by atoms with E-state index in [2.05, 4.69) is 104 Å². The van der Waals surface area contributed by atoms with Crippen LogP contribution in [-0.4, -0.2) is 127 Å². The molecule has 0 aliphatic carbocycles. The number of anilines is 7. The lowest BCUT2D eigenvalue weighted by atomic mass is 10.2. The Labute approximate surface area is 645 Å². The van der Waals surface area contributed by atoms with Crippen molar-refractivity contribution in [3.8, 4) is 40.2 Å². The number of ether oxygens (including phenoxy) is 7. The molecule has 0 radical (unpaired) electrons. The lowest BCUT2D eigenvalue weighted by Crippen LogP contribution is -2.33. The van der Waals surface area contributed by atoms with Gasteiger partial charge >= 0.3 is 0 Å². The van der Waals surface area contributed by atoms with Crippen LogP contribution in [0.3, 0.4) is 0 Å². The quantitative estimate of drug-likeness (QED) is 0.143. The van der Waals surface area contributed by atoms with Crippen LogP contribution in [0.4, 0.5) is 40.5 Å². The molecule has 30 heteroatoms. The van der Waals surface area contributed by atoms with Crippen LogP contribution in [0.15, 0.2) is 288 Å². The lowest BCUT2D eigenvalue weighted by Gasteiger charge is -2.30. The van der Waals surface area contributed by atoms with Crippen molar-refractivity contribution in [1.82, 2.24) is 79.7 Å². The van der Waals surface area contributed by atoms with E-state index in [9.17, 15) is 0 Å². The van der Waals surface area contributed by atoms with Crippen molar-refractivity contribution in [3.63, 3.8) is 0 Å². The van der Waals surface area contributed by atoms with E-state index in [1.165, 1.54) is 0 Å². The monoisotopic (exact) mass is 1490 g/mol. The van der Waals surface area contributed by atoms with Crippen molar-refractivity contribution in [2.75, 3.05) is 81.4 Å². The van der Waals surface area contributed by atoms with Gasteiger partial charge in [0.1, 0.15) is 68.8 Å². The number of aromatic nitrogens is 16. The first-order valence-electron chi connectivity index (χ1n) is 35.8. The van der Waals surface area contributed by atoms with E-state index in [4.69, 9.17) is 33.2 Å². The van der Waals surface area contributed by atoms with Gasteiger partial charge in [-0.3, -0.25) is 54.8 Å². The molecule has 0 saturated carbocycles. The SMILES string of the molecule is c1cc(N2COc3ccncc3C2)ccn1.c1ccc(N2COc3cccnc3C2)nc1.c1cnc(N2COc3cccnc3C2)nc1.c1cnc(N2COc3ccncc3C2)nc1.c1cnc2c(c1)OCN(c1ccncc1)C2.c1cncc(N2COc3cccnc3C2)c1.c1cncc(N2COc3ccncc3C2)c1. The van der Waals surface area contributed by atoms with Gasteiger partial charge in [-0.15, -0.1) is 0 Å². The summed E-state index contributed by atoms with van der Waals surface area (Å²) in [6.07, 6.45) is 40.9. The molecule has 21 heterocycles. The third-order valence-electron chi connectivity index (χ3n) is 17.8. The molecule has 560 valence electrons. The molecule has 0 aromatic carbocycles. The van der Waals surface area contributed by atoms with Crippen LogP contribution >= 0.6 is 0 Å². The van der Waals surface area contributed by atoms with E-state index in [0.29, 0.717) is 65.6 Å². The zero-order valence-corrected chi connectivity index (χ0v) is 60.7. The number of fused-ring (bicyclic) bond motifs is 7. The Morgan fingerprint density at radius 1 is 0.196 bits per heavy atom. The summed E-state index contributed by atoms with van der Waals surface area (Å²) in [5.41, 5.74) is 11.4. The molecule has 30 nitrogen and oxygen atoms in total. The Bertz CT molecular complexity index is 4320.